The summed E-state index contributed by atoms with van der Waals surface area (Å²) in [6.07, 6.45) is 7.32. The van der Waals surface area contributed by atoms with Crippen molar-refractivity contribution in [3.63, 3.8) is 0 Å². The summed E-state index contributed by atoms with van der Waals surface area (Å²) in [6.45, 7) is 1.66. The maximum atomic E-state index is 13.5. The number of aromatic nitrogens is 2. The molecule has 2 fully saturated rings. The smallest absolute Gasteiger partial charge is 0.272 e. The maximum Gasteiger partial charge on any atom is 0.272 e. The van der Waals surface area contributed by atoms with Gasteiger partial charge in [0, 0.05) is 42.2 Å². The predicted octanol–water partition coefficient (Wildman–Crippen LogP) is 3.84. The average Bonchev–Trinajstić information content (AvgIpc) is 3.65. The highest BCUT2D eigenvalue weighted by molar-refractivity contribution is 7.99. The van der Waals surface area contributed by atoms with Gasteiger partial charge in [-0.05, 0) is 38.2 Å². The molecule has 1 saturated carbocycles. The highest BCUT2D eigenvalue weighted by Gasteiger charge is 2.20. The number of rotatable bonds is 10. The Balaban J connectivity index is 1.30. The Labute approximate surface area is 218 Å². The van der Waals surface area contributed by atoms with Crippen molar-refractivity contribution in [2.45, 2.75) is 75.2 Å². The Morgan fingerprint density at radius 1 is 1.14 bits per heavy atom. The molecule has 2 aliphatic rings. The number of fused-ring (bicyclic) bond motifs is 3. The number of carbonyl (C=O) groups excluding carboxylic acids is 2. The van der Waals surface area contributed by atoms with Crippen LogP contribution in [0.25, 0.3) is 20.3 Å². The quantitative estimate of drug-likeness (QED) is 0.306. The lowest BCUT2D eigenvalue weighted by Crippen LogP contribution is -2.34. The lowest BCUT2D eigenvalue weighted by Gasteiger charge is -2.14. The van der Waals surface area contributed by atoms with E-state index in [4.69, 9.17) is 9.72 Å². The monoisotopic (exact) mass is 528 g/mol. The highest BCUT2D eigenvalue weighted by Crippen LogP contribution is 2.32. The second-order valence-corrected chi connectivity index (χ2v) is 11.5. The van der Waals surface area contributed by atoms with Crippen LogP contribution in [0.4, 0.5) is 0 Å². The SMILES string of the molecule is O=C(CCCn1c(SCC(=O)NC2CCCC2)nc2c(sc3ccccc32)c1=O)NC[C@H]1CCCO1. The van der Waals surface area contributed by atoms with Gasteiger partial charge in [0.05, 0.1) is 17.4 Å². The van der Waals surface area contributed by atoms with Crippen LogP contribution in [-0.2, 0) is 20.9 Å². The summed E-state index contributed by atoms with van der Waals surface area (Å²) < 4.78 is 8.82. The first-order valence-electron chi connectivity index (χ1n) is 12.8. The van der Waals surface area contributed by atoms with Crippen LogP contribution in [0, 0.1) is 0 Å². The molecule has 2 aromatic heterocycles. The topological polar surface area (TPSA) is 102 Å². The number of hydrogen-bond acceptors (Lipinski definition) is 7. The Bertz CT molecular complexity index is 1290. The van der Waals surface area contributed by atoms with E-state index < -0.39 is 0 Å². The van der Waals surface area contributed by atoms with Gasteiger partial charge in [0.2, 0.25) is 11.8 Å². The molecule has 3 aromatic rings. The molecule has 1 aliphatic carbocycles. The van der Waals surface area contributed by atoms with Crippen LogP contribution in [0.3, 0.4) is 0 Å². The first-order chi connectivity index (χ1) is 17.6. The molecule has 8 nitrogen and oxygen atoms in total. The fourth-order valence-electron chi connectivity index (χ4n) is 4.95. The summed E-state index contributed by atoms with van der Waals surface area (Å²) in [4.78, 5) is 43.3. The van der Waals surface area contributed by atoms with E-state index in [2.05, 4.69) is 10.6 Å². The zero-order chi connectivity index (χ0) is 24.9. The van der Waals surface area contributed by atoms with E-state index in [1.165, 1.54) is 23.1 Å². The van der Waals surface area contributed by atoms with Gasteiger partial charge in [0.15, 0.2) is 5.16 Å². The van der Waals surface area contributed by atoms with E-state index in [1.54, 1.807) is 4.57 Å². The summed E-state index contributed by atoms with van der Waals surface area (Å²) in [6, 6.07) is 8.12. The molecule has 2 N–H and O–H groups in total. The standard InChI is InChI=1S/C26H32N4O4S2/c31-21(27-15-18-9-6-14-34-18)12-5-13-30-25(33)24-23(19-10-3-4-11-20(19)36-24)29-26(30)35-16-22(32)28-17-7-1-2-8-17/h3-4,10-11,17-18H,1-2,5-9,12-16H2,(H,27,31)(H,28,32)/t18-/m1/s1. The van der Waals surface area contributed by atoms with Crippen molar-refractivity contribution in [2.75, 3.05) is 18.9 Å². The number of thiophene rings is 1. The molecular formula is C26H32N4O4S2. The molecule has 5 rings (SSSR count). The number of benzene rings is 1. The normalized spacial score (nSPS) is 18.3. The van der Waals surface area contributed by atoms with Crippen LogP contribution in [-0.4, -0.2) is 52.4 Å². The van der Waals surface area contributed by atoms with Crippen LogP contribution in [0.2, 0.25) is 0 Å². The molecule has 1 saturated heterocycles. The number of hydrogen-bond donors (Lipinski definition) is 2. The van der Waals surface area contributed by atoms with Crippen LogP contribution in [0.5, 0.6) is 0 Å². The summed E-state index contributed by atoms with van der Waals surface area (Å²) in [5, 5.41) is 7.52. The second kappa shape index (κ2) is 11.7. The molecule has 1 aromatic carbocycles. The van der Waals surface area contributed by atoms with E-state index in [0.717, 1.165) is 55.2 Å². The van der Waals surface area contributed by atoms with Gasteiger partial charge in [-0.15, -0.1) is 11.3 Å². The zero-order valence-corrected chi connectivity index (χ0v) is 21.9. The van der Waals surface area contributed by atoms with Crippen LogP contribution >= 0.6 is 23.1 Å². The molecule has 0 spiro atoms. The first-order valence-corrected chi connectivity index (χ1v) is 14.6. The van der Waals surface area contributed by atoms with E-state index in [-0.39, 0.29) is 35.3 Å². The van der Waals surface area contributed by atoms with Gasteiger partial charge in [0.1, 0.15) is 4.70 Å². The maximum absolute atomic E-state index is 13.5. The van der Waals surface area contributed by atoms with Gasteiger partial charge < -0.3 is 15.4 Å². The Morgan fingerprint density at radius 3 is 2.78 bits per heavy atom. The first kappa shape index (κ1) is 25.2. The van der Waals surface area contributed by atoms with Crippen molar-refractivity contribution in [1.29, 1.82) is 0 Å². The Kier molecular flexibility index (Phi) is 8.23. The molecule has 192 valence electrons. The fourth-order valence-corrected chi connectivity index (χ4v) is 6.87. The van der Waals surface area contributed by atoms with E-state index in [0.29, 0.717) is 41.3 Å². The van der Waals surface area contributed by atoms with Crippen molar-refractivity contribution < 1.29 is 14.3 Å². The van der Waals surface area contributed by atoms with E-state index in [1.807, 2.05) is 24.3 Å². The zero-order valence-electron chi connectivity index (χ0n) is 20.3. The van der Waals surface area contributed by atoms with Crippen molar-refractivity contribution in [3.05, 3.63) is 34.6 Å². The van der Waals surface area contributed by atoms with Gasteiger partial charge in [-0.25, -0.2) is 4.98 Å². The Morgan fingerprint density at radius 2 is 1.97 bits per heavy atom. The van der Waals surface area contributed by atoms with Crippen LogP contribution in [0.1, 0.15) is 51.4 Å². The number of thioether (sulfide) groups is 1. The number of amides is 2. The van der Waals surface area contributed by atoms with Crippen molar-refractivity contribution >= 4 is 55.2 Å². The number of nitrogens with one attached hydrogen (secondary N) is 2. The van der Waals surface area contributed by atoms with Gasteiger partial charge in [0.25, 0.3) is 5.56 Å². The molecule has 0 radical (unpaired) electrons. The van der Waals surface area contributed by atoms with E-state index >= 15 is 0 Å². The third-order valence-corrected chi connectivity index (χ3v) is 8.96. The van der Waals surface area contributed by atoms with Gasteiger partial charge in [-0.3, -0.25) is 19.0 Å². The minimum Gasteiger partial charge on any atom is -0.376 e. The predicted molar refractivity (Wildman–Crippen MR) is 144 cm³/mol. The molecule has 36 heavy (non-hydrogen) atoms. The molecule has 10 heteroatoms. The third-order valence-electron chi connectivity index (χ3n) is 6.84. The lowest BCUT2D eigenvalue weighted by molar-refractivity contribution is -0.122. The fraction of sp³-hybridized carbons (Fsp3) is 0.538. The number of carbonyl (C=O) groups is 2. The summed E-state index contributed by atoms with van der Waals surface area (Å²) in [5.74, 6) is 0.134. The minimum atomic E-state index is -0.111. The number of nitrogens with zero attached hydrogens (tertiary/aromatic N) is 2. The van der Waals surface area contributed by atoms with Gasteiger partial charge in [-0.2, -0.15) is 0 Å². The van der Waals surface area contributed by atoms with Gasteiger partial charge >= 0.3 is 0 Å². The molecule has 0 bridgehead atoms. The summed E-state index contributed by atoms with van der Waals surface area (Å²) >= 11 is 2.73. The van der Waals surface area contributed by atoms with Crippen molar-refractivity contribution in [1.82, 2.24) is 20.2 Å². The van der Waals surface area contributed by atoms with Crippen LogP contribution in [0.15, 0.2) is 34.2 Å². The average molecular weight is 529 g/mol. The molecule has 0 unspecified atom stereocenters. The molecule has 3 heterocycles. The molecule has 1 atom stereocenters. The molecule has 1 aliphatic heterocycles. The van der Waals surface area contributed by atoms with Gasteiger partial charge in [-0.1, -0.05) is 42.8 Å². The Hall–Kier alpha value is -2.43. The second-order valence-electron chi connectivity index (χ2n) is 9.51. The summed E-state index contributed by atoms with van der Waals surface area (Å²) in [5.41, 5.74) is 0.574. The largest absolute Gasteiger partial charge is 0.376 e. The van der Waals surface area contributed by atoms with Crippen molar-refractivity contribution in [2.24, 2.45) is 0 Å². The molecule has 2 amide bonds. The molecular weight excluding hydrogens is 496 g/mol. The number of ether oxygens (including phenoxy) is 1. The summed E-state index contributed by atoms with van der Waals surface area (Å²) in [7, 11) is 0. The third kappa shape index (κ3) is 5.92. The van der Waals surface area contributed by atoms with Crippen molar-refractivity contribution in [3.8, 4) is 0 Å². The highest BCUT2D eigenvalue weighted by atomic mass is 32.2. The minimum absolute atomic E-state index is 0.0310. The van der Waals surface area contributed by atoms with Crippen LogP contribution < -0.4 is 16.2 Å². The van der Waals surface area contributed by atoms with E-state index in [9.17, 15) is 14.4 Å². The lowest BCUT2D eigenvalue weighted by atomic mass is 10.2.